The van der Waals surface area contributed by atoms with E-state index in [9.17, 15) is 0 Å². The van der Waals surface area contributed by atoms with Crippen molar-refractivity contribution in [3.63, 3.8) is 0 Å². The third kappa shape index (κ3) is 17.9. The number of urea groups is 1. The van der Waals surface area contributed by atoms with Gasteiger partial charge in [0.2, 0.25) is 0 Å². The van der Waals surface area contributed by atoms with Crippen LogP contribution >= 0.6 is 0 Å². The minimum Gasteiger partial charge on any atom is -0.352 e. The number of amides is 2. The molecule has 7 heavy (non-hydrogen) atoms. The maximum Gasteiger partial charge on any atom is 0.373 e. The number of carbonyl (C=O) groups is 1. The van der Waals surface area contributed by atoms with Crippen LogP contribution in [0.15, 0.2) is 0 Å². The highest BCUT2D eigenvalue weighted by Gasteiger charge is 1.60. The van der Waals surface area contributed by atoms with E-state index in [-0.39, 0.29) is 6.15 Å². The first-order valence-electron chi connectivity index (χ1n) is 1.19. The minimum absolute atomic E-state index is 0.250. The highest BCUT2D eigenvalue weighted by molar-refractivity contribution is 5.69. The normalized spacial score (nSPS) is 4.57. The molecule has 0 saturated carbocycles. The van der Waals surface area contributed by atoms with Gasteiger partial charge in [-0.3, -0.25) is 0 Å². The molecule has 0 saturated heterocycles. The molecule has 0 heterocycles. The van der Waals surface area contributed by atoms with Crippen LogP contribution < -0.4 is 11.5 Å². The lowest BCUT2D eigenvalue weighted by molar-refractivity contribution is -0.191. The minimum atomic E-state index is -0.833. The maximum absolute atomic E-state index is 9.00. The summed E-state index contributed by atoms with van der Waals surface area (Å²) in [5, 5.41) is 0. The number of hydrogen-bond donors (Lipinski definition) is 2. The summed E-state index contributed by atoms with van der Waals surface area (Å²) in [5.74, 6) is 0. The Kier molecular flexibility index (Phi) is 11.6. The van der Waals surface area contributed by atoms with Gasteiger partial charge in [-0.05, 0) is 0 Å². The Hall–Kier alpha value is -1.35. The van der Waals surface area contributed by atoms with Gasteiger partial charge in [0, 0.05) is 0 Å². The molecule has 40 valence electrons. The molecule has 4 N–H and O–H groups in total. The fourth-order valence-corrected chi connectivity index (χ4v) is 0. The molecule has 0 radical (unpaired) electrons. The van der Waals surface area contributed by atoms with Crippen LogP contribution in [0.5, 0.6) is 0 Å². The molecular weight excluding hydrogens is 100 g/mol. The fraction of sp³-hybridized carbons (Fsp3) is 0. The van der Waals surface area contributed by atoms with E-state index in [1.54, 1.807) is 0 Å². The molecule has 0 unspecified atom stereocenters. The second-order valence-electron chi connectivity index (χ2n) is 0.486. The zero-order valence-corrected chi connectivity index (χ0v) is 3.38. The maximum atomic E-state index is 9.00. The van der Waals surface area contributed by atoms with Crippen molar-refractivity contribution in [2.45, 2.75) is 0 Å². The predicted octanol–water partition coefficient (Wildman–Crippen LogP) is -1.56. The molecule has 0 aromatic rings. The van der Waals surface area contributed by atoms with Crippen molar-refractivity contribution in [2.75, 3.05) is 0 Å². The molecule has 0 aliphatic carbocycles. The molecule has 0 spiro atoms. The van der Waals surface area contributed by atoms with Crippen LogP contribution in [0.25, 0.3) is 0 Å². The SMILES string of the molecule is NC(N)=O.O=C=O. The first-order valence-corrected chi connectivity index (χ1v) is 1.19. The Morgan fingerprint density at radius 3 is 1.29 bits per heavy atom. The van der Waals surface area contributed by atoms with Crippen LogP contribution in [-0.2, 0) is 9.59 Å². The van der Waals surface area contributed by atoms with Crippen molar-refractivity contribution >= 4 is 12.2 Å². The Labute approximate surface area is 39.3 Å². The molecule has 0 aromatic carbocycles. The molecule has 0 bridgehead atoms. The Bertz CT molecular complexity index is 78.9. The van der Waals surface area contributed by atoms with Crippen molar-refractivity contribution < 1.29 is 14.4 Å². The van der Waals surface area contributed by atoms with E-state index >= 15 is 0 Å². The summed E-state index contributed by atoms with van der Waals surface area (Å²) in [7, 11) is 0. The quantitative estimate of drug-likeness (QED) is 0.388. The molecule has 5 heteroatoms. The summed E-state index contributed by atoms with van der Waals surface area (Å²) < 4.78 is 0. The lowest BCUT2D eigenvalue weighted by Gasteiger charge is -1.62. The fourth-order valence-electron chi connectivity index (χ4n) is 0. The number of nitrogens with two attached hydrogens (primary N) is 2. The predicted molar refractivity (Wildman–Crippen MR) is 18.8 cm³/mol. The summed E-state index contributed by atoms with van der Waals surface area (Å²) in [6.07, 6.45) is 0.250. The van der Waals surface area contributed by atoms with E-state index in [1.165, 1.54) is 0 Å². The van der Waals surface area contributed by atoms with Crippen molar-refractivity contribution in [1.29, 1.82) is 0 Å². The molecule has 5 nitrogen and oxygen atoms in total. The summed E-state index contributed by atoms with van der Waals surface area (Å²) in [6.45, 7) is 0. The van der Waals surface area contributed by atoms with Gasteiger partial charge in [0.15, 0.2) is 0 Å². The van der Waals surface area contributed by atoms with Gasteiger partial charge in [-0.15, -0.1) is 0 Å². The Morgan fingerprint density at radius 1 is 1.29 bits per heavy atom. The van der Waals surface area contributed by atoms with E-state index in [4.69, 9.17) is 14.4 Å². The van der Waals surface area contributed by atoms with Gasteiger partial charge in [0.25, 0.3) is 0 Å². The molecule has 0 aliphatic heterocycles. The highest BCUT2D eigenvalue weighted by atomic mass is 16.2. The molecule has 2 amide bonds. The summed E-state index contributed by atoms with van der Waals surface area (Å²) in [5.41, 5.74) is 8.50. The molecule has 0 atom stereocenters. The van der Waals surface area contributed by atoms with Gasteiger partial charge in [-0.1, -0.05) is 0 Å². The first-order chi connectivity index (χ1) is 3.15. The smallest absolute Gasteiger partial charge is 0.352 e. The standard InChI is InChI=1S/CH4N2O.CO2/c2-1(3)4;2-1-3/h(H4,2,3,4);. The van der Waals surface area contributed by atoms with Crippen molar-refractivity contribution in [2.24, 2.45) is 11.5 Å². The van der Waals surface area contributed by atoms with Gasteiger partial charge in [-0.25, -0.2) is 4.79 Å². The number of hydrogen-bond acceptors (Lipinski definition) is 3. The molecule has 0 aliphatic rings. The van der Waals surface area contributed by atoms with Gasteiger partial charge < -0.3 is 11.5 Å². The van der Waals surface area contributed by atoms with E-state index in [0.29, 0.717) is 0 Å². The molecular formula is C2H4N2O3. The lowest BCUT2D eigenvalue weighted by atomic mass is 11.2. The van der Waals surface area contributed by atoms with E-state index < -0.39 is 6.03 Å². The van der Waals surface area contributed by atoms with Gasteiger partial charge in [0.1, 0.15) is 0 Å². The summed E-state index contributed by atoms with van der Waals surface area (Å²) >= 11 is 0. The highest BCUT2D eigenvalue weighted by Crippen LogP contribution is 1.25. The van der Waals surface area contributed by atoms with Crippen molar-refractivity contribution in [3.8, 4) is 0 Å². The second kappa shape index (κ2) is 8.82. The second-order valence-corrected chi connectivity index (χ2v) is 0.486. The monoisotopic (exact) mass is 104 g/mol. The van der Waals surface area contributed by atoms with Crippen molar-refractivity contribution in [1.82, 2.24) is 0 Å². The van der Waals surface area contributed by atoms with Crippen LogP contribution in [-0.4, -0.2) is 12.2 Å². The number of primary amides is 2. The van der Waals surface area contributed by atoms with Gasteiger partial charge >= 0.3 is 12.2 Å². The summed E-state index contributed by atoms with van der Waals surface area (Å²) in [4.78, 5) is 25.2. The van der Waals surface area contributed by atoms with Crippen LogP contribution in [0, 0.1) is 0 Å². The first kappa shape index (κ1) is 9.17. The number of carbonyl (C=O) groups excluding carboxylic acids is 3. The van der Waals surface area contributed by atoms with Crippen molar-refractivity contribution in [3.05, 3.63) is 0 Å². The van der Waals surface area contributed by atoms with Gasteiger partial charge in [0.05, 0.1) is 0 Å². The lowest BCUT2D eigenvalue weighted by Crippen LogP contribution is -2.18. The Morgan fingerprint density at radius 2 is 1.29 bits per heavy atom. The van der Waals surface area contributed by atoms with Crippen LogP contribution in [0.4, 0.5) is 4.79 Å². The summed E-state index contributed by atoms with van der Waals surface area (Å²) in [6, 6.07) is -0.833. The van der Waals surface area contributed by atoms with Crippen LogP contribution in [0.3, 0.4) is 0 Å². The van der Waals surface area contributed by atoms with Crippen LogP contribution in [0.1, 0.15) is 0 Å². The molecule has 0 rings (SSSR count). The van der Waals surface area contributed by atoms with E-state index in [0.717, 1.165) is 0 Å². The van der Waals surface area contributed by atoms with Gasteiger partial charge in [-0.2, -0.15) is 9.59 Å². The van der Waals surface area contributed by atoms with E-state index in [2.05, 4.69) is 11.5 Å². The largest absolute Gasteiger partial charge is 0.373 e. The molecule has 0 aromatic heterocycles. The average molecular weight is 104 g/mol. The topological polar surface area (TPSA) is 103 Å². The van der Waals surface area contributed by atoms with E-state index in [1.807, 2.05) is 0 Å². The third-order valence-corrected chi connectivity index (χ3v) is 0. The Balaban J connectivity index is 0. The molecule has 0 fully saturated rings. The zero-order chi connectivity index (χ0) is 6.28. The number of rotatable bonds is 0. The zero-order valence-electron chi connectivity index (χ0n) is 3.38. The average Bonchev–Trinajstić information content (AvgIpc) is 1.33. The third-order valence-electron chi connectivity index (χ3n) is 0. The van der Waals surface area contributed by atoms with Crippen LogP contribution in [0.2, 0.25) is 0 Å².